The normalized spacial score (nSPS) is 14.9. The Bertz CT molecular complexity index is 457. The molecule has 0 aromatic heterocycles. The van der Waals surface area contributed by atoms with Crippen molar-refractivity contribution in [3.63, 3.8) is 0 Å². The van der Waals surface area contributed by atoms with Crippen LogP contribution in [0.4, 0.5) is 5.69 Å². The van der Waals surface area contributed by atoms with Gasteiger partial charge in [-0.2, -0.15) is 0 Å². The number of nitrogens with two attached hydrogens (primary N) is 2. The molecule has 16 heavy (non-hydrogen) atoms. The molecule has 5 heteroatoms. The number of allylic oxidation sites excluding steroid dienone is 1. The highest BCUT2D eigenvalue weighted by molar-refractivity contribution is 6.33. The van der Waals surface area contributed by atoms with E-state index >= 15 is 0 Å². The Hall–Kier alpha value is -1.65. The van der Waals surface area contributed by atoms with Crippen molar-refractivity contribution in [2.24, 2.45) is 5.84 Å². The number of halogens is 1. The van der Waals surface area contributed by atoms with Gasteiger partial charge < -0.3 is 15.5 Å². The van der Waals surface area contributed by atoms with E-state index < -0.39 is 0 Å². The van der Waals surface area contributed by atoms with Crippen LogP contribution in [0.25, 0.3) is 0 Å². The van der Waals surface area contributed by atoms with Crippen molar-refractivity contribution < 1.29 is 4.74 Å². The fourth-order valence-electron chi connectivity index (χ4n) is 1.30. The molecular formula is C11H12ClN3O. The average Bonchev–Trinajstić information content (AvgIpc) is 2.28. The third kappa shape index (κ3) is 2.29. The Kier molecular flexibility index (Phi) is 3.03. The fraction of sp³-hybridized carbons (Fsp3) is 0.0909. The maximum absolute atomic E-state index is 5.88. The summed E-state index contributed by atoms with van der Waals surface area (Å²) in [5, 5.41) is 2.03. The van der Waals surface area contributed by atoms with Gasteiger partial charge in [0, 0.05) is 6.20 Å². The number of rotatable bonds is 2. The monoisotopic (exact) mass is 237 g/mol. The first kappa shape index (κ1) is 10.9. The summed E-state index contributed by atoms with van der Waals surface area (Å²) in [5.41, 5.74) is 6.22. The van der Waals surface area contributed by atoms with Crippen molar-refractivity contribution in [3.8, 4) is 5.75 Å². The van der Waals surface area contributed by atoms with Gasteiger partial charge in [-0.25, -0.2) is 5.84 Å². The molecule has 1 aliphatic rings. The van der Waals surface area contributed by atoms with Gasteiger partial charge in [-0.1, -0.05) is 17.7 Å². The number of nitrogens with zero attached hydrogens (tertiary/aromatic N) is 1. The molecule has 0 saturated carbocycles. The third-order valence-electron chi connectivity index (χ3n) is 2.17. The smallest absolute Gasteiger partial charge is 0.151 e. The zero-order valence-electron chi connectivity index (χ0n) is 8.56. The van der Waals surface area contributed by atoms with Crippen LogP contribution in [-0.2, 0) is 0 Å². The molecule has 0 amide bonds. The van der Waals surface area contributed by atoms with Crippen LogP contribution in [0.3, 0.4) is 0 Å². The lowest BCUT2D eigenvalue weighted by Gasteiger charge is -2.17. The lowest BCUT2D eigenvalue weighted by atomic mass is 10.3. The van der Waals surface area contributed by atoms with E-state index in [0.717, 1.165) is 0 Å². The van der Waals surface area contributed by atoms with Crippen LogP contribution in [0.2, 0.25) is 5.02 Å². The predicted octanol–water partition coefficient (Wildman–Crippen LogP) is 1.89. The molecule has 0 spiro atoms. The van der Waals surface area contributed by atoms with Crippen LogP contribution >= 0.6 is 11.6 Å². The second-order valence-corrected chi connectivity index (χ2v) is 3.78. The van der Waals surface area contributed by atoms with Gasteiger partial charge in [-0.05, 0) is 24.3 Å². The molecule has 1 aliphatic heterocycles. The summed E-state index contributed by atoms with van der Waals surface area (Å²) in [7, 11) is 0. The summed E-state index contributed by atoms with van der Waals surface area (Å²) in [6.45, 7) is 0.603. The first-order chi connectivity index (χ1) is 7.66. The Balaban J connectivity index is 2.16. The minimum atomic E-state index is 0.439. The first-order valence-corrected chi connectivity index (χ1v) is 5.16. The highest BCUT2D eigenvalue weighted by Gasteiger charge is 2.07. The van der Waals surface area contributed by atoms with Crippen molar-refractivity contribution in [1.82, 2.24) is 5.01 Å². The highest BCUT2D eigenvalue weighted by atomic mass is 35.5. The van der Waals surface area contributed by atoms with E-state index in [4.69, 9.17) is 27.9 Å². The average molecular weight is 238 g/mol. The molecule has 4 N–H and O–H groups in total. The molecule has 1 aromatic carbocycles. The van der Waals surface area contributed by atoms with Gasteiger partial charge in [0.25, 0.3) is 0 Å². The molecule has 0 aliphatic carbocycles. The molecule has 0 saturated heterocycles. The summed E-state index contributed by atoms with van der Waals surface area (Å²) in [4.78, 5) is 0. The Morgan fingerprint density at radius 3 is 2.88 bits per heavy atom. The predicted molar refractivity (Wildman–Crippen MR) is 64.6 cm³/mol. The van der Waals surface area contributed by atoms with E-state index in [9.17, 15) is 0 Å². The number of nitrogen functional groups attached to an aromatic ring is 1. The number of para-hydroxylation sites is 1. The number of benzene rings is 1. The zero-order chi connectivity index (χ0) is 11.5. The van der Waals surface area contributed by atoms with E-state index in [1.54, 1.807) is 35.5 Å². The molecule has 4 nitrogen and oxygen atoms in total. The molecule has 2 rings (SSSR count). The van der Waals surface area contributed by atoms with Crippen molar-refractivity contribution >= 4 is 17.3 Å². The SMILES string of the molecule is Nc1c(Cl)cccc1OC1=CCN(N)C=C1. The summed E-state index contributed by atoms with van der Waals surface area (Å²) in [6, 6.07) is 5.28. The quantitative estimate of drug-likeness (QED) is 0.609. The summed E-state index contributed by atoms with van der Waals surface area (Å²) in [6.07, 6.45) is 5.36. The summed E-state index contributed by atoms with van der Waals surface area (Å²) < 4.78 is 5.60. The van der Waals surface area contributed by atoms with Crippen LogP contribution in [-0.4, -0.2) is 11.6 Å². The number of hydrogen-bond donors (Lipinski definition) is 2. The van der Waals surface area contributed by atoms with Gasteiger partial charge in [-0.15, -0.1) is 0 Å². The molecule has 84 valence electrons. The third-order valence-corrected chi connectivity index (χ3v) is 2.50. The molecule has 0 bridgehead atoms. The van der Waals surface area contributed by atoms with Gasteiger partial charge in [0.05, 0.1) is 17.3 Å². The number of hydrogen-bond acceptors (Lipinski definition) is 4. The first-order valence-electron chi connectivity index (χ1n) is 4.78. The Morgan fingerprint density at radius 1 is 1.38 bits per heavy atom. The van der Waals surface area contributed by atoms with E-state index in [2.05, 4.69) is 0 Å². The van der Waals surface area contributed by atoms with Crippen molar-refractivity contribution in [2.75, 3.05) is 12.3 Å². The van der Waals surface area contributed by atoms with E-state index in [1.807, 2.05) is 6.08 Å². The highest BCUT2D eigenvalue weighted by Crippen LogP contribution is 2.30. The molecular weight excluding hydrogens is 226 g/mol. The molecule has 0 atom stereocenters. The van der Waals surface area contributed by atoms with Gasteiger partial charge in [0.2, 0.25) is 0 Å². The van der Waals surface area contributed by atoms with Gasteiger partial charge in [-0.3, -0.25) is 0 Å². The van der Waals surface area contributed by atoms with Crippen molar-refractivity contribution in [3.05, 3.63) is 47.3 Å². The Morgan fingerprint density at radius 2 is 2.19 bits per heavy atom. The van der Waals surface area contributed by atoms with E-state index in [0.29, 0.717) is 28.8 Å². The van der Waals surface area contributed by atoms with Crippen LogP contribution in [0.1, 0.15) is 0 Å². The van der Waals surface area contributed by atoms with Gasteiger partial charge in [0.1, 0.15) is 5.76 Å². The van der Waals surface area contributed by atoms with Crippen molar-refractivity contribution in [1.29, 1.82) is 0 Å². The molecule has 0 unspecified atom stereocenters. The van der Waals surface area contributed by atoms with Gasteiger partial charge >= 0.3 is 0 Å². The minimum Gasteiger partial charge on any atom is -0.455 e. The lowest BCUT2D eigenvalue weighted by Crippen LogP contribution is -2.27. The minimum absolute atomic E-state index is 0.439. The maximum atomic E-state index is 5.88. The van der Waals surface area contributed by atoms with Crippen LogP contribution in [0.5, 0.6) is 5.75 Å². The van der Waals surface area contributed by atoms with E-state index in [1.165, 1.54) is 0 Å². The molecule has 0 radical (unpaired) electrons. The van der Waals surface area contributed by atoms with Crippen LogP contribution in [0.15, 0.2) is 42.3 Å². The molecule has 1 heterocycles. The number of anilines is 1. The fourth-order valence-corrected chi connectivity index (χ4v) is 1.47. The summed E-state index contributed by atoms with van der Waals surface area (Å²) >= 11 is 5.88. The standard InChI is InChI=1S/C11H12ClN3O/c12-9-2-1-3-10(11(9)13)16-8-4-6-15(14)7-5-8/h1-6H,7,13-14H2. The molecule has 0 fully saturated rings. The molecule has 1 aromatic rings. The topological polar surface area (TPSA) is 64.5 Å². The van der Waals surface area contributed by atoms with Gasteiger partial charge in [0.15, 0.2) is 5.75 Å². The van der Waals surface area contributed by atoms with Crippen LogP contribution in [0, 0.1) is 0 Å². The number of hydrazine groups is 1. The Labute approximate surface area is 98.7 Å². The second kappa shape index (κ2) is 4.47. The van der Waals surface area contributed by atoms with Crippen LogP contribution < -0.4 is 16.3 Å². The lowest BCUT2D eigenvalue weighted by molar-refractivity contribution is 0.392. The van der Waals surface area contributed by atoms with Crippen molar-refractivity contribution in [2.45, 2.75) is 0 Å². The number of ether oxygens (including phenoxy) is 1. The largest absolute Gasteiger partial charge is 0.455 e. The summed E-state index contributed by atoms with van der Waals surface area (Å²) in [5.74, 6) is 6.80. The second-order valence-electron chi connectivity index (χ2n) is 3.37. The zero-order valence-corrected chi connectivity index (χ0v) is 9.32. The van der Waals surface area contributed by atoms with E-state index in [-0.39, 0.29) is 0 Å². The maximum Gasteiger partial charge on any atom is 0.151 e.